The summed E-state index contributed by atoms with van der Waals surface area (Å²) < 4.78 is 23.7. The first-order valence-electron chi connectivity index (χ1n) is 5.16. The van der Waals surface area contributed by atoms with Gasteiger partial charge in [0.05, 0.1) is 12.7 Å². The number of nitrogens with zero attached hydrogens (tertiary/aromatic N) is 2. The minimum atomic E-state index is -3.71. The zero-order valence-electron chi connectivity index (χ0n) is 9.67. The van der Waals surface area contributed by atoms with Gasteiger partial charge >= 0.3 is 0 Å². The number of benzene rings is 1. The summed E-state index contributed by atoms with van der Waals surface area (Å²) in [6.45, 7) is 2.34. The molecule has 0 bridgehead atoms. The maximum Gasteiger partial charge on any atom is 0.241 e. The Kier molecular flexibility index (Phi) is 3.43. The summed E-state index contributed by atoms with van der Waals surface area (Å²) >= 11 is 6.09. The van der Waals surface area contributed by atoms with Crippen LogP contribution in [0.15, 0.2) is 35.5 Å². The highest BCUT2D eigenvalue weighted by Gasteiger charge is 2.11. The molecule has 0 unspecified atom stereocenters. The Morgan fingerprint density at radius 2 is 2.17 bits per heavy atom. The first kappa shape index (κ1) is 13.1. The van der Waals surface area contributed by atoms with Gasteiger partial charge in [0.15, 0.2) is 0 Å². The molecular weight excluding hydrogens is 274 g/mol. The average molecular weight is 286 g/mol. The number of aryl methyl sites for hydroxylation is 1. The lowest BCUT2D eigenvalue weighted by molar-refractivity contribution is 0.597. The molecule has 2 N–H and O–H groups in total. The molecule has 1 heterocycles. The number of halogens is 1. The van der Waals surface area contributed by atoms with Crippen molar-refractivity contribution in [3.05, 3.63) is 46.7 Å². The number of hydrogen-bond donors (Lipinski definition) is 1. The first-order chi connectivity index (χ1) is 8.36. The largest absolute Gasteiger partial charge is 0.267 e. The zero-order chi connectivity index (χ0) is 13.3. The van der Waals surface area contributed by atoms with Gasteiger partial charge < -0.3 is 0 Å². The van der Waals surface area contributed by atoms with E-state index in [9.17, 15) is 8.42 Å². The lowest BCUT2D eigenvalue weighted by Crippen LogP contribution is -2.11. The molecule has 2 rings (SSSR count). The van der Waals surface area contributed by atoms with E-state index in [0.717, 1.165) is 11.1 Å². The van der Waals surface area contributed by atoms with Crippen LogP contribution < -0.4 is 5.14 Å². The van der Waals surface area contributed by atoms with Crippen molar-refractivity contribution in [1.29, 1.82) is 0 Å². The summed E-state index contributed by atoms with van der Waals surface area (Å²) in [5, 5.41) is 9.57. The molecule has 0 aliphatic rings. The van der Waals surface area contributed by atoms with Gasteiger partial charge in [-0.05, 0) is 24.1 Å². The monoisotopic (exact) mass is 285 g/mol. The quantitative estimate of drug-likeness (QED) is 0.929. The molecule has 0 aliphatic carbocycles. The molecule has 1 aromatic heterocycles. The molecule has 5 nitrogen and oxygen atoms in total. The Morgan fingerprint density at radius 1 is 1.44 bits per heavy atom. The lowest BCUT2D eigenvalue weighted by atomic mass is 10.1. The molecule has 18 heavy (non-hydrogen) atoms. The normalized spacial score (nSPS) is 11.7. The maximum absolute atomic E-state index is 11.1. The third-order valence-electron chi connectivity index (χ3n) is 2.48. The Labute approximate surface area is 110 Å². The Bertz CT molecular complexity index is 679. The lowest BCUT2D eigenvalue weighted by Gasteiger charge is -2.05. The van der Waals surface area contributed by atoms with E-state index in [0.29, 0.717) is 11.6 Å². The van der Waals surface area contributed by atoms with E-state index in [-0.39, 0.29) is 4.90 Å². The van der Waals surface area contributed by atoms with Crippen molar-refractivity contribution in [3.63, 3.8) is 0 Å². The molecule has 2 aromatic rings. The summed E-state index contributed by atoms with van der Waals surface area (Å²) in [7, 11) is -3.71. The number of rotatable bonds is 3. The Hall–Kier alpha value is -1.37. The predicted octanol–water partition coefficient (Wildman–Crippen LogP) is 1.54. The van der Waals surface area contributed by atoms with Gasteiger partial charge in [-0.25, -0.2) is 13.6 Å². The molecule has 7 heteroatoms. The van der Waals surface area contributed by atoms with Crippen LogP contribution in [0.5, 0.6) is 0 Å². The molecule has 1 aromatic carbocycles. The molecule has 0 radical (unpaired) electrons. The van der Waals surface area contributed by atoms with Crippen molar-refractivity contribution in [2.45, 2.75) is 18.4 Å². The van der Waals surface area contributed by atoms with Crippen molar-refractivity contribution in [3.8, 4) is 0 Å². The fraction of sp³-hybridized carbons (Fsp3) is 0.182. The molecule has 0 spiro atoms. The number of primary sulfonamides is 1. The van der Waals surface area contributed by atoms with Crippen LogP contribution in [0, 0.1) is 6.92 Å². The predicted molar refractivity (Wildman–Crippen MR) is 68.9 cm³/mol. The maximum atomic E-state index is 11.1. The highest BCUT2D eigenvalue weighted by atomic mass is 35.5. The second-order valence-electron chi connectivity index (χ2n) is 4.01. The standard InChI is InChI=1S/C11H12ClN3O2S/c1-8-2-3-9(11(12)4-8)6-15-7-10(5-14-15)18(13,16)17/h2-5,7H,6H2,1H3,(H2,13,16,17). The number of hydrogen-bond acceptors (Lipinski definition) is 3. The van der Waals surface area contributed by atoms with Crippen LogP contribution in [-0.2, 0) is 16.6 Å². The second-order valence-corrected chi connectivity index (χ2v) is 5.98. The highest BCUT2D eigenvalue weighted by Crippen LogP contribution is 2.18. The van der Waals surface area contributed by atoms with Gasteiger partial charge in [0.2, 0.25) is 10.0 Å². The van der Waals surface area contributed by atoms with Crippen LogP contribution in [0.2, 0.25) is 5.02 Å². The van der Waals surface area contributed by atoms with Crippen LogP contribution in [0.3, 0.4) is 0 Å². The van der Waals surface area contributed by atoms with E-state index in [1.54, 1.807) is 0 Å². The van der Waals surface area contributed by atoms with Crippen molar-refractivity contribution in [2.75, 3.05) is 0 Å². The summed E-state index contributed by atoms with van der Waals surface area (Å²) in [6, 6.07) is 5.67. The van der Waals surface area contributed by atoms with Gasteiger partial charge in [-0.1, -0.05) is 23.7 Å². The molecule has 0 aliphatic heterocycles. The fourth-order valence-electron chi connectivity index (χ4n) is 1.53. The van der Waals surface area contributed by atoms with Gasteiger partial charge in [0, 0.05) is 11.2 Å². The minimum Gasteiger partial charge on any atom is -0.267 e. The van der Waals surface area contributed by atoms with Gasteiger partial charge in [-0.2, -0.15) is 5.10 Å². The summed E-state index contributed by atoms with van der Waals surface area (Å²) in [4.78, 5) is -0.00858. The SMILES string of the molecule is Cc1ccc(Cn2cc(S(N)(=O)=O)cn2)c(Cl)c1. The highest BCUT2D eigenvalue weighted by molar-refractivity contribution is 7.89. The first-order valence-corrected chi connectivity index (χ1v) is 7.09. The zero-order valence-corrected chi connectivity index (χ0v) is 11.2. The fourth-order valence-corrected chi connectivity index (χ4v) is 2.29. The number of aromatic nitrogens is 2. The van der Waals surface area contributed by atoms with Gasteiger partial charge in [0.25, 0.3) is 0 Å². The van der Waals surface area contributed by atoms with Crippen LogP contribution in [0.1, 0.15) is 11.1 Å². The Balaban J connectivity index is 2.27. The second kappa shape index (κ2) is 4.72. The molecule has 96 valence electrons. The van der Waals surface area contributed by atoms with Crippen LogP contribution >= 0.6 is 11.6 Å². The average Bonchev–Trinajstić information content (AvgIpc) is 2.70. The molecule has 0 fully saturated rings. The molecule has 0 atom stereocenters. The topological polar surface area (TPSA) is 78.0 Å². The third kappa shape index (κ3) is 2.90. The van der Waals surface area contributed by atoms with Gasteiger partial charge in [-0.15, -0.1) is 0 Å². The van der Waals surface area contributed by atoms with Crippen LogP contribution in [0.25, 0.3) is 0 Å². The van der Waals surface area contributed by atoms with Gasteiger partial charge in [-0.3, -0.25) is 4.68 Å². The smallest absolute Gasteiger partial charge is 0.241 e. The molecule has 0 saturated heterocycles. The van der Waals surface area contributed by atoms with Crippen molar-refractivity contribution < 1.29 is 8.42 Å². The Morgan fingerprint density at radius 3 is 2.72 bits per heavy atom. The van der Waals surface area contributed by atoms with Crippen LogP contribution in [0.4, 0.5) is 0 Å². The molecule has 0 amide bonds. The summed E-state index contributed by atoms with van der Waals surface area (Å²) in [5.74, 6) is 0. The van der Waals surface area contributed by atoms with Crippen molar-refractivity contribution in [1.82, 2.24) is 9.78 Å². The number of sulfonamides is 1. The van der Waals surface area contributed by atoms with E-state index in [4.69, 9.17) is 16.7 Å². The summed E-state index contributed by atoms with van der Waals surface area (Å²) in [5.41, 5.74) is 1.93. The van der Waals surface area contributed by atoms with E-state index < -0.39 is 10.0 Å². The van der Waals surface area contributed by atoms with Crippen LogP contribution in [-0.4, -0.2) is 18.2 Å². The van der Waals surface area contributed by atoms with Crippen molar-refractivity contribution >= 4 is 21.6 Å². The van der Waals surface area contributed by atoms with Crippen molar-refractivity contribution in [2.24, 2.45) is 5.14 Å². The van der Waals surface area contributed by atoms with E-state index in [1.807, 2.05) is 25.1 Å². The van der Waals surface area contributed by atoms with Gasteiger partial charge in [0.1, 0.15) is 4.90 Å². The van der Waals surface area contributed by atoms with E-state index in [1.165, 1.54) is 17.1 Å². The molecular formula is C11H12ClN3O2S. The third-order valence-corrected chi connectivity index (χ3v) is 3.70. The minimum absolute atomic E-state index is 0.00858. The summed E-state index contributed by atoms with van der Waals surface area (Å²) in [6.07, 6.45) is 2.60. The van der Waals surface area contributed by atoms with E-state index >= 15 is 0 Å². The molecule has 0 saturated carbocycles. The number of nitrogens with two attached hydrogens (primary N) is 1. The van der Waals surface area contributed by atoms with E-state index in [2.05, 4.69) is 5.10 Å².